The maximum Gasteiger partial charge on any atom is 0.240 e. The zero-order chi connectivity index (χ0) is 24.3. The molecule has 1 aliphatic carbocycles. The van der Waals surface area contributed by atoms with E-state index >= 15 is 0 Å². The van der Waals surface area contributed by atoms with Crippen molar-refractivity contribution >= 4 is 21.7 Å². The Balaban J connectivity index is 1.28. The topological polar surface area (TPSA) is 95.5 Å². The van der Waals surface area contributed by atoms with Crippen molar-refractivity contribution in [3.63, 3.8) is 0 Å². The molecule has 1 aromatic carbocycles. The Kier molecular flexibility index (Phi) is 7.52. The number of carbonyl (C=O) groups excluding carboxylic acids is 1. The molecule has 1 amide bonds. The molecule has 34 heavy (non-hydrogen) atoms. The molecule has 1 aromatic heterocycles. The third kappa shape index (κ3) is 5.75. The molecule has 0 atom stereocenters. The molecule has 1 aliphatic heterocycles. The zero-order valence-corrected chi connectivity index (χ0v) is 21.2. The number of benzene rings is 1. The highest BCUT2D eigenvalue weighted by molar-refractivity contribution is 7.89. The number of anilines is 1. The molecular formula is C25H35N5O3S. The van der Waals surface area contributed by atoms with Gasteiger partial charge in [0, 0.05) is 56.8 Å². The van der Waals surface area contributed by atoms with E-state index in [2.05, 4.69) is 28.5 Å². The average Bonchev–Trinajstić information content (AvgIpc) is 2.83. The number of aryl methyl sites for hydroxylation is 3. The van der Waals surface area contributed by atoms with E-state index in [-0.39, 0.29) is 29.7 Å². The number of piperazine rings is 1. The van der Waals surface area contributed by atoms with Crippen molar-refractivity contribution in [3.05, 3.63) is 46.9 Å². The van der Waals surface area contributed by atoms with Gasteiger partial charge in [0.1, 0.15) is 11.6 Å². The van der Waals surface area contributed by atoms with Gasteiger partial charge in [0.05, 0.1) is 4.90 Å². The van der Waals surface area contributed by atoms with E-state index in [1.807, 2.05) is 19.1 Å². The van der Waals surface area contributed by atoms with Crippen LogP contribution in [-0.4, -0.2) is 61.9 Å². The number of hydrogen-bond acceptors (Lipinski definition) is 6. The third-order valence-corrected chi connectivity index (χ3v) is 8.05. The molecule has 2 heterocycles. The molecule has 184 valence electrons. The summed E-state index contributed by atoms with van der Waals surface area (Å²) < 4.78 is 28.1. The Labute approximate surface area is 202 Å². The molecule has 0 bridgehead atoms. The van der Waals surface area contributed by atoms with Gasteiger partial charge in [-0.1, -0.05) is 19.9 Å². The minimum Gasteiger partial charge on any atom is -0.353 e. The first-order chi connectivity index (χ1) is 16.2. The summed E-state index contributed by atoms with van der Waals surface area (Å²) in [6, 6.07) is 7.38. The van der Waals surface area contributed by atoms with Crippen molar-refractivity contribution in [2.45, 2.75) is 63.7 Å². The van der Waals surface area contributed by atoms with Gasteiger partial charge in [0.2, 0.25) is 15.9 Å². The molecule has 1 saturated heterocycles. The highest BCUT2D eigenvalue weighted by Gasteiger charge is 2.24. The lowest BCUT2D eigenvalue weighted by Crippen LogP contribution is -2.49. The van der Waals surface area contributed by atoms with Crippen LogP contribution in [0.3, 0.4) is 0 Å². The van der Waals surface area contributed by atoms with Gasteiger partial charge in [-0.25, -0.2) is 23.1 Å². The fourth-order valence-electron chi connectivity index (χ4n) is 4.59. The van der Waals surface area contributed by atoms with Gasteiger partial charge < -0.3 is 9.80 Å². The first-order valence-corrected chi connectivity index (χ1v) is 13.7. The SMILES string of the molecule is Cc1cc(N2CCN(C(=O)CCNS(=O)(=O)c3ccc4c(c3)CCCC4)CC2)nc(C(C)C)n1. The number of sulfonamides is 1. The lowest BCUT2D eigenvalue weighted by atomic mass is 9.92. The number of fused-ring (bicyclic) bond motifs is 1. The second-order valence-electron chi connectivity index (χ2n) is 9.53. The molecule has 1 fully saturated rings. The van der Waals surface area contributed by atoms with Crippen LogP contribution in [0.5, 0.6) is 0 Å². The van der Waals surface area contributed by atoms with E-state index < -0.39 is 10.0 Å². The standard InChI is InChI=1S/C25H35N5O3S/c1-18(2)25-27-19(3)16-23(28-25)29-12-14-30(15-13-29)24(31)10-11-26-34(32,33)22-9-8-20-6-4-5-7-21(20)17-22/h8-9,16-18,26H,4-7,10-15H2,1-3H3. The monoisotopic (exact) mass is 485 g/mol. The maximum absolute atomic E-state index is 12.7. The van der Waals surface area contributed by atoms with Crippen LogP contribution in [0.1, 0.15) is 61.7 Å². The molecule has 0 spiro atoms. The Morgan fingerprint density at radius 1 is 1.03 bits per heavy atom. The molecular weight excluding hydrogens is 450 g/mol. The molecule has 8 nitrogen and oxygen atoms in total. The largest absolute Gasteiger partial charge is 0.353 e. The van der Waals surface area contributed by atoms with Crippen molar-refractivity contribution in [1.82, 2.24) is 19.6 Å². The van der Waals surface area contributed by atoms with E-state index in [0.717, 1.165) is 48.6 Å². The lowest BCUT2D eigenvalue weighted by Gasteiger charge is -2.35. The predicted octanol–water partition coefficient (Wildman–Crippen LogP) is 2.80. The van der Waals surface area contributed by atoms with E-state index in [4.69, 9.17) is 4.98 Å². The molecule has 9 heteroatoms. The number of hydrogen-bond donors (Lipinski definition) is 1. The Morgan fingerprint density at radius 3 is 2.44 bits per heavy atom. The van der Waals surface area contributed by atoms with Crippen LogP contribution in [0.15, 0.2) is 29.2 Å². The molecule has 0 unspecified atom stereocenters. The van der Waals surface area contributed by atoms with E-state index in [9.17, 15) is 13.2 Å². The fraction of sp³-hybridized carbons (Fsp3) is 0.560. The fourth-order valence-corrected chi connectivity index (χ4v) is 5.67. The third-order valence-electron chi connectivity index (χ3n) is 6.59. The number of nitrogens with one attached hydrogen (secondary N) is 1. The van der Waals surface area contributed by atoms with Gasteiger partial charge in [-0.15, -0.1) is 0 Å². The molecule has 2 aromatic rings. The van der Waals surface area contributed by atoms with Gasteiger partial charge in [-0.3, -0.25) is 4.79 Å². The van der Waals surface area contributed by atoms with Crippen molar-refractivity contribution in [1.29, 1.82) is 0 Å². The summed E-state index contributed by atoms with van der Waals surface area (Å²) in [7, 11) is -3.62. The molecule has 0 saturated carbocycles. The van der Waals surface area contributed by atoms with Gasteiger partial charge in [-0.2, -0.15) is 0 Å². The maximum atomic E-state index is 12.7. The van der Waals surface area contributed by atoms with Gasteiger partial charge in [0.25, 0.3) is 0 Å². The zero-order valence-electron chi connectivity index (χ0n) is 20.4. The first kappa shape index (κ1) is 24.6. The Morgan fingerprint density at radius 2 is 1.74 bits per heavy atom. The average molecular weight is 486 g/mol. The van der Waals surface area contributed by atoms with Crippen LogP contribution in [-0.2, 0) is 27.7 Å². The summed E-state index contributed by atoms with van der Waals surface area (Å²) in [6.07, 6.45) is 4.35. The van der Waals surface area contributed by atoms with Crippen LogP contribution < -0.4 is 9.62 Å². The van der Waals surface area contributed by atoms with Crippen molar-refractivity contribution < 1.29 is 13.2 Å². The quantitative estimate of drug-likeness (QED) is 0.648. The van der Waals surface area contributed by atoms with Crippen molar-refractivity contribution in [2.75, 3.05) is 37.6 Å². The molecule has 0 radical (unpaired) electrons. The number of carbonyl (C=O) groups is 1. The second-order valence-corrected chi connectivity index (χ2v) is 11.3. The van der Waals surface area contributed by atoms with E-state index in [1.54, 1.807) is 17.0 Å². The number of amides is 1. The van der Waals surface area contributed by atoms with Crippen LogP contribution in [0, 0.1) is 6.92 Å². The number of aromatic nitrogens is 2. The van der Waals surface area contributed by atoms with E-state index in [0.29, 0.717) is 26.2 Å². The number of nitrogens with zero attached hydrogens (tertiary/aromatic N) is 4. The van der Waals surface area contributed by atoms with Gasteiger partial charge in [0.15, 0.2) is 0 Å². The molecule has 1 N–H and O–H groups in total. The van der Waals surface area contributed by atoms with Gasteiger partial charge >= 0.3 is 0 Å². The lowest BCUT2D eigenvalue weighted by molar-refractivity contribution is -0.131. The molecule has 4 rings (SSSR count). The minimum absolute atomic E-state index is 0.0328. The van der Waals surface area contributed by atoms with Crippen LogP contribution >= 0.6 is 0 Å². The second kappa shape index (κ2) is 10.4. The normalized spacial score (nSPS) is 16.6. The highest BCUT2D eigenvalue weighted by atomic mass is 32.2. The Hall–Kier alpha value is -2.52. The van der Waals surface area contributed by atoms with Gasteiger partial charge in [-0.05, 0) is 55.9 Å². The van der Waals surface area contributed by atoms with Crippen LogP contribution in [0.4, 0.5) is 5.82 Å². The van der Waals surface area contributed by atoms with Crippen LogP contribution in [0.2, 0.25) is 0 Å². The minimum atomic E-state index is -3.62. The summed E-state index contributed by atoms with van der Waals surface area (Å²) in [5.41, 5.74) is 3.32. The summed E-state index contributed by atoms with van der Waals surface area (Å²) in [5, 5.41) is 0. The number of rotatable bonds is 7. The van der Waals surface area contributed by atoms with Crippen molar-refractivity contribution in [3.8, 4) is 0 Å². The smallest absolute Gasteiger partial charge is 0.240 e. The summed E-state index contributed by atoms with van der Waals surface area (Å²) in [4.78, 5) is 26.2. The van der Waals surface area contributed by atoms with E-state index in [1.165, 1.54) is 5.56 Å². The predicted molar refractivity (Wildman–Crippen MR) is 133 cm³/mol. The summed E-state index contributed by atoms with van der Waals surface area (Å²) in [5.74, 6) is 1.96. The first-order valence-electron chi connectivity index (χ1n) is 12.2. The van der Waals surface area contributed by atoms with Crippen molar-refractivity contribution in [2.24, 2.45) is 0 Å². The molecule has 2 aliphatic rings. The highest BCUT2D eigenvalue weighted by Crippen LogP contribution is 2.24. The summed E-state index contributed by atoms with van der Waals surface area (Å²) >= 11 is 0. The van der Waals surface area contributed by atoms with Crippen LogP contribution in [0.25, 0.3) is 0 Å². The Bertz CT molecular complexity index is 1140. The summed E-state index contributed by atoms with van der Waals surface area (Å²) in [6.45, 7) is 8.81.